The zero-order chi connectivity index (χ0) is 15.2. The molecule has 22 heavy (non-hydrogen) atoms. The van der Waals surface area contributed by atoms with Crippen LogP contribution < -0.4 is 5.32 Å². The van der Waals surface area contributed by atoms with Crippen molar-refractivity contribution in [3.63, 3.8) is 0 Å². The molecule has 2 heterocycles. The molecule has 0 radical (unpaired) electrons. The first-order valence-electron chi connectivity index (χ1n) is 7.52. The number of hydrogen-bond acceptors (Lipinski definition) is 4. The van der Waals surface area contributed by atoms with E-state index in [-0.39, 0.29) is 6.61 Å². The number of aliphatic hydroxyl groups is 1. The van der Waals surface area contributed by atoms with Gasteiger partial charge in [0.1, 0.15) is 0 Å². The molecule has 0 aliphatic carbocycles. The average molecular weight is 296 g/mol. The third-order valence-corrected chi connectivity index (χ3v) is 3.81. The number of benzene rings is 1. The molecule has 0 aliphatic heterocycles. The molecule has 0 saturated carbocycles. The van der Waals surface area contributed by atoms with Crippen LogP contribution in [0.25, 0.3) is 5.78 Å². The Morgan fingerprint density at radius 3 is 2.82 bits per heavy atom. The molecular weight excluding hydrogens is 276 g/mol. The van der Waals surface area contributed by atoms with Crippen LogP contribution in [0.5, 0.6) is 0 Å². The summed E-state index contributed by atoms with van der Waals surface area (Å²) in [7, 11) is 0. The Hall–Kier alpha value is -2.24. The van der Waals surface area contributed by atoms with Crippen LogP contribution in [0.4, 0.5) is 0 Å². The minimum absolute atomic E-state index is 0.195. The van der Waals surface area contributed by atoms with Crippen LogP contribution in [-0.4, -0.2) is 32.6 Å². The highest BCUT2D eigenvalue weighted by Crippen LogP contribution is 2.18. The number of nitrogens with one attached hydrogen (secondary N) is 1. The molecule has 3 rings (SSSR count). The van der Waals surface area contributed by atoms with E-state index < -0.39 is 0 Å². The van der Waals surface area contributed by atoms with Gasteiger partial charge in [-0.2, -0.15) is 0 Å². The van der Waals surface area contributed by atoms with Gasteiger partial charge in [0.2, 0.25) is 5.78 Å². The summed E-state index contributed by atoms with van der Waals surface area (Å²) in [6.45, 7) is 1.74. The van der Waals surface area contributed by atoms with Crippen LogP contribution in [0.3, 0.4) is 0 Å². The van der Waals surface area contributed by atoms with Gasteiger partial charge in [-0.3, -0.25) is 4.40 Å². The highest BCUT2D eigenvalue weighted by molar-refractivity contribution is 5.30. The van der Waals surface area contributed by atoms with Gasteiger partial charge in [0.05, 0.1) is 11.9 Å². The molecule has 5 heteroatoms. The molecule has 114 valence electrons. The van der Waals surface area contributed by atoms with Crippen molar-refractivity contribution >= 4 is 5.78 Å². The van der Waals surface area contributed by atoms with Crippen LogP contribution in [0.2, 0.25) is 0 Å². The zero-order valence-electron chi connectivity index (χ0n) is 12.4. The summed E-state index contributed by atoms with van der Waals surface area (Å²) in [5.41, 5.74) is 2.34. The Bertz CT molecular complexity index is 711. The molecule has 1 atom stereocenters. The van der Waals surface area contributed by atoms with Crippen molar-refractivity contribution in [2.45, 2.75) is 18.9 Å². The van der Waals surface area contributed by atoms with Crippen molar-refractivity contribution in [3.05, 3.63) is 66.2 Å². The van der Waals surface area contributed by atoms with E-state index in [0.29, 0.717) is 11.7 Å². The van der Waals surface area contributed by atoms with Crippen LogP contribution in [-0.2, 0) is 6.54 Å². The van der Waals surface area contributed by atoms with Crippen LogP contribution >= 0.6 is 0 Å². The maximum atomic E-state index is 9.27. The van der Waals surface area contributed by atoms with E-state index in [1.807, 2.05) is 41.1 Å². The molecule has 5 nitrogen and oxygen atoms in total. The first-order chi connectivity index (χ1) is 10.9. The Morgan fingerprint density at radius 2 is 2.00 bits per heavy atom. The summed E-state index contributed by atoms with van der Waals surface area (Å²) in [6.07, 6.45) is 6.31. The predicted octanol–water partition coefficient (Wildman–Crippen LogP) is 1.99. The number of fused-ring (bicyclic) bond motifs is 1. The van der Waals surface area contributed by atoms with Crippen molar-refractivity contribution in [3.8, 4) is 0 Å². The number of aromatic nitrogens is 3. The minimum Gasteiger partial charge on any atom is -0.396 e. The highest BCUT2D eigenvalue weighted by atomic mass is 16.3. The maximum Gasteiger partial charge on any atom is 0.233 e. The molecular formula is C17H20N4O. The number of rotatable bonds is 7. The second kappa shape index (κ2) is 7.15. The second-order valence-corrected chi connectivity index (χ2v) is 5.29. The molecule has 0 bridgehead atoms. The van der Waals surface area contributed by atoms with Crippen molar-refractivity contribution in [1.82, 2.24) is 19.7 Å². The SMILES string of the molecule is OCCC(CNCc1cnc2ncccn12)c1ccccc1. The van der Waals surface area contributed by atoms with Gasteiger partial charge in [0.15, 0.2) is 0 Å². The topological polar surface area (TPSA) is 62.5 Å². The molecule has 2 N–H and O–H groups in total. The van der Waals surface area contributed by atoms with Crippen LogP contribution in [0, 0.1) is 0 Å². The molecule has 0 fully saturated rings. The van der Waals surface area contributed by atoms with Gasteiger partial charge in [0, 0.05) is 32.1 Å². The summed E-state index contributed by atoms with van der Waals surface area (Å²) >= 11 is 0. The standard InChI is InChI=1S/C17H20N4O/c22-10-7-15(14-5-2-1-3-6-14)11-18-12-16-13-20-17-19-8-4-9-21(16)17/h1-6,8-9,13,15,18,22H,7,10-12H2. The normalized spacial score (nSPS) is 12.6. The van der Waals surface area contributed by atoms with E-state index >= 15 is 0 Å². The largest absolute Gasteiger partial charge is 0.396 e. The molecule has 0 spiro atoms. The van der Waals surface area contributed by atoms with Gasteiger partial charge in [0.25, 0.3) is 0 Å². The van der Waals surface area contributed by atoms with E-state index in [0.717, 1.165) is 25.2 Å². The summed E-state index contributed by atoms with van der Waals surface area (Å²) in [5.74, 6) is 1.03. The molecule has 0 aliphatic rings. The fourth-order valence-electron chi connectivity index (χ4n) is 2.65. The third-order valence-electron chi connectivity index (χ3n) is 3.81. The Kier molecular flexibility index (Phi) is 4.78. The number of imidazole rings is 1. The van der Waals surface area contributed by atoms with Crippen LogP contribution in [0.1, 0.15) is 23.6 Å². The number of aliphatic hydroxyl groups excluding tert-OH is 1. The van der Waals surface area contributed by atoms with Gasteiger partial charge in [-0.25, -0.2) is 9.97 Å². The molecule has 3 aromatic rings. The molecule has 0 amide bonds. The van der Waals surface area contributed by atoms with Crippen molar-refractivity contribution < 1.29 is 5.11 Å². The van der Waals surface area contributed by atoms with E-state index in [1.165, 1.54) is 5.56 Å². The predicted molar refractivity (Wildman–Crippen MR) is 85.6 cm³/mol. The van der Waals surface area contributed by atoms with E-state index in [1.54, 1.807) is 6.20 Å². The molecule has 2 aromatic heterocycles. The second-order valence-electron chi connectivity index (χ2n) is 5.29. The van der Waals surface area contributed by atoms with Gasteiger partial charge < -0.3 is 10.4 Å². The van der Waals surface area contributed by atoms with Gasteiger partial charge >= 0.3 is 0 Å². The smallest absolute Gasteiger partial charge is 0.233 e. The summed E-state index contributed by atoms with van der Waals surface area (Å²) in [5, 5.41) is 12.7. The Morgan fingerprint density at radius 1 is 1.14 bits per heavy atom. The zero-order valence-corrected chi connectivity index (χ0v) is 12.4. The average Bonchev–Trinajstić information content (AvgIpc) is 2.98. The first-order valence-corrected chi connectivity index (χ1v) is 7.52. The van der Waals surface area contributed by atoms with Crippen LogP contribution in [0.15, 0.2) is 55.0 Å². The van der Waals surface area contributed by atoms with Gasteiger partial charge in [-0.1, -0.05) is 30.3 Å². The Labute approximate surface area is 129 Å². The van der Waals surface area contributed by atoms with E-state index in [2.05, 4.69) is 27.4 Å². The van der Waals surface area contributed by atoms with Crippen molar-refractivity contribution in [1.29, 1.82) is 0 Å². The lowest BCUT2D eigenvalue weighted by Gasteiger charge is -2.17. The molecule has 1 aromatic carbocycles. The van der Waals surface area contributed by atoms with E-state index in [9.17, 15) is 5.11 Å². The van der Waals surface area contributed by atoms with E-state index in [4.69, 9.17) is 0 Å². The summed E-state index contributed by atoms with van der Waals surface area (Å²) < 4.78 is 1.98. The summed E-state index contributed by atoms with van der Waals surface area (Å²) in [4.78, 5) is 8.50. The van der Waals surface area contributed by atoms with Gasteiger partial charge in [-0.15, -0.1) is 0 Å². The highest BCUT2D eigenvalue weighted by Gasteiger charge is 2.11. The lowest BCUT2D eigenvalue weighted by atomic mass is 9.96. The Balaban J connectivity index is 1.63. The van der Waals surface area contributed by atoms with Crippen molar-refractivity contribution in [2.75, 3.05) is 13.2 Å². The number of hydrogen-bond donors (Lipinski definition) is 2. The lowest BCUT2D eigenvalue weighted by Crippen LogP contribution is -2.22. The third kappa shape index (κ3) is 3.32. The number of nitrogens with zero attached hydrogens (tertiary/aromatic N) is 3. The lowest BCUT2D eigenvalue weighted by molar-refractivity contribution is 0.273. The monoisotopic (exact) mass is 296 g/mol. The summed E-state index contributed by atoms with van der Waals surface area (Å²) in [6, 6.07) is 12.2. The minimum atomic E-state index is 0.195. The van der Waals surface area contributed by atoms with Gasteiger partial charge in [-0.05, 0) is 24.0 Å². The maximum absolute atomic E-state index is 9.27. The fraction of sp³-hybridized carbons (Fsp3) is 0.294. The molecule has 1 unspecified atom stereocenters. The molecule has 0 saturated heterocycles. The fourth-order valence-corrected chi connectivity index (χ4v) is 2.65. The first kappa shape index (κ1) is 14.7. The van der Waals surface area contributed by atoms with Crippen molar-refractivity contribution in [2.24, 2.45) is 0 Å². The quantitative estimate of drug-likeness (QED) is 0.700.